The maximum Gasteiger partial charge on any atom is 0.191 e. The molecule has 0 unspecified atom stereocenters. The SMILES string of the molecule is CCOC(COc1cccc(CCO)c1)OCC. The Labute approximate surface area is 108 Å². The molecular weight excluding hydrogens is 232 g/mol. The molecule has 0 heterocycles. The molecule has 4 nitrogen and oxygen atoms in total. The van der Waals surface area contributed by atoms with Gasteiger partial charge in [-0.2, -0.15) is 0 Å². The second kappa shape index (κ2) is 8.91. The molecule has 18 heavy (non-hydrogen) atoms. The van der Waals surface area contributed by atoms with Gasteiger partial charge < -0.3 is 19.3 Å². The van der Waals surface area contributed by atoms with Crippen LogP contribution in [0.2, 0.25) is 0 Å². The first-order chi connectivity index (χ1) is 8.80. The minimum Gasteiger partial charge on any atom is -0.488 e. The van der Waals surface area contributed by atoms with Crippen molar-refractivity contribution in [2.75, 3.05) is 26.4 Å². The van der Waals surface area contributed by atoms with Crippen LogP contribution in [0, 0.1) is 0 Å². The van der Waals surface area contributed by atoms with Crippen LogP contribution in [-0.4, -0.2) is 37.8 Å². The minimum absolute atomic E-state index is 0.143. The van der Waals surface area contributed by atoms with Gasteiger partial charge in [0.2, 0.25) is 0 Å². The van der Waals surface area contributed by atoms with Crippen molar-refractivity contribution in [1.29, 1.82) is 0 Å². The predicted octanol–water partition coefficient (Wildman–Crippen LogP) is 2.00. The maximum atomic E-state index is 8.89. The third-order valence-electron chi connectivity index (χ3n) is 2.39. The van der Waals surface area contributed by atoms with E-state index in [0.29, 0.717) is 26.2 Å². The second-order valence-corrected chi connectivity index (χ2v) is 3.77. The average Bonchev–Trinajstić information content (AvgIpc) is 2.37. The summed E-state index contributed by atoms with van der Waals surface area (Å²) >= 11 is 0. The Hall–Kier alpha value is -1.10. The molecule has 0 fully saturated rings. The van der Waals surface area contributed by atoms with Gasteiger partial charge in [0.05, 0.1) is 0 Å². The Balaban J connectivity index is 2.47. The Morgan fingerprint density at radius 1 is 1.17 bits per heavy atom. The third kappa shape index (κ3) is 5.49. The highest BCUT2D eigenvalue weighted by Gasteiger charge is 2.08. The second-order valence-electron chi connectivity index (χ2n) is 3.77. The van der Waals surface area contributed by atoms with Crippen LogP contribution in [0.15, 0.2) is 24.3 Å². The van der Waals surface area contributed by atoms with Gasteiger partial charge in [0.25, 0.3) is 0 Å². The first-order valence-corrected chi connectivity index (χ1v) is 6.36. The lowest BCUT2D eigenvalue weighted by molar-refractivity contribution is -0.152. The van der Waals surface area contributed by atoms with Crippen LogP contribution in [0.1, 0.15) is 19.4 Å². The Morgan fingerprint density at radius 2 is 1.89 bits per heavy atom. The molecule has 0 spiro atoms. The molecule has 0 saturated heterocycles. The summed E-state index contributed by atoms with van der Waals surface area (Å²) in [4.78, 5) is 0. The molecule has 0 aliphatic carbocycles. The van der Waals surface area contributed by atoms with Crippen molar-refractivity contribution in [3.05, 3.63) is 29.8 Å². The van der Waals surface area contributed by atoms with Gasteiger partial charge in [-0.1, -0.05) is 12.1 Å². The van der Waals surface area contributed by atoms with Crippen molar-refractivity contribution in [1.82, 2.24) is 0 Å². The summed E-state index contributed by atoms with van der Waals surface area (Å²) in [7, 11) is 0. The van der Waals surface area contributed by atoms with Crippen molar-refractivity contribution in [3.63, 3.8) is 0 Å². The smallest absolute Gasteiger partial charge is 0.191 e. The number of aliphatic hydroxyl groups excluding tert-OH is 1. The maximum absolute atomic E-state index is 8.89. The number of hydrogen-bond donors (Lipinski definition) is 1. The van der Waals surface area contributed by atoms with Gasteiger partial charge in [0, 0.05) is 19.8 Å². The summed E-state index contributed by atoms with van der Waals surface area (Å²) in [6.45, 7) is 5.55. The number of ether oxygens (including phenoxy) is 3. The Bertz CT molecular complexity index is 321. The molecule has 0 radical (unpaired) electrons. The highest BCUT2D eigenvalue weighted by molar-refractivity contribution is 5.28. The van der Waals surface area contributed by atoms with Gasteiger partial charge in [0.1, 0.15) is 12.4 Å². The van der Waals surface area contributed by atoms with Crippen molar-refractivity contribution in [2.45, 2.75) is 26.6 Å². The van der Waals surface area contributed by atoms with Gasteiger partial charge in [-0.25, -0.2) is 0 Å². The van der Waals surface area contributed by atoms with Gasteiger partial charge >= 0.3 is 0 Å². The van der Waals surface area contributed by atoms with E-state index in [4.69, 9.17) is 19.3 Å². The first kappa shape index (κ1) is 15.0. The normalized spacial score (nSPS) is 10.9. The molecule has 1 N–H and O–H groups in total. The van der Waals surface area contributed by atoms with Gasteiger partial charge in [0.15, 0.2) is 6.29 Å². The van der Waals surface area contributed by atoms with Gasteiger partial charge in [-0.05, 0) is 38.0 Å². The molecule has 0 atom stereocenters. The topological polar surface area (TPSA) is 47.9 Å². The number of hydrogen-bond acceptors (Lipinski definition) is 4. The van der Waals surface area contributed by atoms with E-state index in [1.54, 1.807) is 0 Å². The van der Waals surface area contributed by atoms with Gasteiger partial charge in [-0.3, -0.25) is 0 Å². The molecule has 0 saturated carbocycles. The van der Waals surface area contributed by atoms with Crippen LogP contribution >= 0.6 is 0 Å². The quantitative estimate of drug-likeness (QED) is 0.685. The van der Waals surface area contributed by atoms with E-state index in [9.17, 15) is 0 Å². The van der Waals surface area contributed by atoms with Crippen LogP contribution in [0.5, 0.6) is 5.75 Å². The summed E-state index contributed by atoms with van der Waals surface area (Å²) in [5.74, 6) is 0.769. The van der Waals surface area contributed by atoms with Crippen molar-refractivity contribution in [3.8, 4) is 5.75 Å². The molecular formula is C14H22O4. The highest BCUT2D eigenvalue weighted by Crippen LogP contribution is 2.14. The minimum atomic E-state index is -0.332. The molecule has 0 amide bonds. The molecule has 0 aromatic heterocycles. The number of rotatable bonds is 9. The zero-order chi connectivity index (χ0) is 13.2. The van der Waals surface area contributed by atoms with E-state index in [0.717, 1.165) is 11.3 Å². The summed E-state index contributed by atoms with van der Waals surface area (Å²) < 4.78 is 16.4. The fraction of sp³-hybridized carbons (Fsp3) is 0.571. The molecule has 102 valence electrons. The van der Waals surface area contributed by atoms with Crippen LogP contribution in [0.3, 0.4) is 0 Å². The highest BCUT2D eigenvalue weighted by atomic mass is 16.7. The molecule has 1 rings (SSSR count). The van der Waals surface area contributed by atoms with E-state index < -0.39 is 0 Å². The Kier molecular flexibility index (Phi) is 7.41. The first-order valence-electron chi connectivity index (χ1n) is 6.36. The lowest BCUT2D eigenvalue weighted by Gasteiger charge is -2.17. The molecule has 1 aromatic carbocycles. The number of aliphatic hydroxyl groups is 1. The van der Waals surface area contributed by atoms with Crippen LogP contribution < -0.4 is 4.74 Å². The summed E-state index contributed by atoms with van der Waals surface area (Å²) in [5, 5.41) is 8.89. The Morgan fingerprint density at radius 3 is 2.50 bits per heavy atom. The van der Waals surface area contributed by atoms with E-state index in [-0.39, 0.29) is 12.9 Å². The van der Waals surface area contributed by atoms with Crippen molar-refractivity contribution >= 4 is 0 Å². The lowest BCUT2D eigenvalue weighted by Crippen LogP contribution is -2.25. The summed E-state index contributed by atoms with van der Waals surface area (Å²) in [5.41, 5.74) is 1.05. The third-order valence-corrected chi connectivity index (χ3v) is 2.39. The predicted molar refractivity (Wildman–Crippen MR) is 69.8 cm³/mol. The van der Waals surface area contributed by atoms with E-state index in [2.05, 4.69) is 0 Å². The zero-order valence-electron chi connectivity index (χ0n) is 11.1. The fourth-order valence-electron chi connectivity index (χ4n) is 1.60. The van der Waals surface area contributed by atoms with Crippen LogP contribution in [0.25, 0.3) is 0 Å². The lowest BCUT2D eigenvalue weighted by atomic mass is 10.1. The average molecular weight is 254 g/mol. The van der Waals surface area contributed by atoms with E-state index >= 15 is 0 Å². The largest absolute Gasteiger partial charge is 0.488 e. The molecule has 0 aliphatic heterocycles. The van der Waals surface area contributed by atoms with Crippen molar-refractivity contribution in [2.24, 2.45) is 0 Å². The standard InChI is InChI=1S/C14H22O4/c1-3-16-14(17-4-2)11-18-13-7-5-6-12(10-13)8-9-15/h5-7,10,14-15H,3-4,8-9,11H2,1-2H3. The summed E-state index contributed by atoms with van der Waals surface area (Å²) in [6, 6.07) is 7.68. The number of benzene rings is 1. The molecule has 4 heteroatoms. The molecule has 0 bridgehead atoms. The van der Waals surface area contributed by atoms with E-state index in [1.165, 1.54) is 0 Å². The fourth-order valence-corrected chi connectivity index (χ4v) is 1.60. The van der Waals surface area contributed by atoms with Crippen molar-refractivity contribution < 1.29 is 19.3 Å². The van der Waals surface area contributed by atoms with E-state index in [1.807, 2.05) is 38.1 Å². The van der Waals surface area contributed by atoms with Crippen LogP contribution in [0.4, 0.5) is 0 Å². The molecule has 1 aromatic rings. The zero-order valence-corrected chi connectivity index (χ0v) is 11.1. The summed E-state index contributed by atoms with van der Waals surface area (Å²) in [6.07, 6.45) is 0.305. The molecule has 0 aliphatic rings. The van der Waals surface area contributed by atoms with Crippen LogP contribution in [-0.2, 0) is 15.9 Å². The van der Waals surface area contributed by atoms with Gasteiger partial charge in [-0.15, -0.1) is 0 Å². The monoisotopic (exact) mass is 254 g/mol.